The van der Waals surface area contributed by atoms with Crippen molar-refractivity contribution in [2.45, 2.75) is 6.92 Å². The third kappa shape index (κ3) is 3.23. The molecule has 0 aromatic carbocycles. The van der Waals surface area contributed by atoms with Gasteiger partial charge in [-0.1, -0.05) is 0 Å². The van der Waals surface area contributed by atoms with Gasteiger partial charge in [-0.05, 0) is 6.92 Å². The number of ether oxygens (including phenoxy) is 1. The lowest BCUT2D eigenvalue weighted by Gasteiger charge is -1.91. The van der Waals surface area contributed by atoms with E-state index in [4.69, 9.17) is 21.0 Å². The largest absolute Gasteiger partial charge is 0.483 e. The second kappa shape index (κ2) is 5.75. The quantitative estimate of drug-likeness (QED) is 0.368. The molecule has 2 N–H and O–H groups in total. The lowest BCUT2D eigenvalue weighted by Crippen LogP contribution is -1.98. The van der Waals surface area contributed by atoms with Crippen LogP contribution >= 0.6 is 0 Å². The van der Waals surface area contributed by atoms with Crippen LogP contribution in [-0.4, -0.2) is 13.0 Å². The van der Waals surface area contributed by atoms with E-state index < -0.39 is 0 Å². The van der Waals surface area contributed by atoms with Gasteiger partial charge in [-0.15, -0.1) is 0 Å². The van der Waals surface area contributed by atoms with E-state index in [1.54, 1.807) is 19.1 Å². The van der Waals surface area contributed by atoms with Gasteiger partial charge in [0.1, 0.15) is 17.8 Å². The number of nitrogens with two attached hydrogens (primary N) is 1. The first-order valence-corrected chi connectivity index (χ1v) is 3.20. The van der Waals surface area contributed by atoms with Gasteiger partial charge < -0.3 is 10.5 Å². The van der Waals surface area contributed by atoms with Crippen molar-refractivity contribution in [3.8, 4) is 12.1 Å². The minimum Gasteiger partial charge on any atom is -0.483 e. The van der Waals surface area contributed by atoms with E-state index in [0.717, 1.165) is 6.40 Å². The van der Waals surface area contributed by atoms with E-state index in [-0.39, 0.29) is 11.4 Å². The highest BCUT2D eigenvalue weighted by Gasteiger charge is 1.97. The van der Waals surface area contributed by atoms with Gasteiger partial charge in [0.2, 0.25) is 0 Å². The maximum Gasteiger partial charge on any atom is 0.177 e. The first-order valence-electron chi connectivity index (χ1n) is 3.20. The van der Waals surface area contributed by atoms with Gasteiger partial charge in [0.15, 0.2) is 12.1 Å². The maximum atomic E-state index is 8.42. The molecule has 0 aromatic heterocycles. The Kier molecular flexibility index (Phi) is 4.79. The van der Waals surface area contributed by atoms with Crippen LogP contribution in [0.1, 0.15) is 6.92 Å². The molecule has 0 aliphatic carbocycles. The van der Waals surface area contributed by atoms with E-state index in [1.807, 2.05) is 0 Å². The fraction of sp³-hybridized carbons (Fsp3) is 0.286. The topological polar surface area (TPSA) is 95.2 Å². The summed E-state index contributed by atoms with van der Waals surface area (Å²) >= 11 is 0. The summed E-state index contributed by atoms with van der Waals surface area (Å²) in [5.74, 6) is 0. The Morgan fingerprint density at radius 2 is 2.25 bits per heavy atom. The molecule has 0 saturated carbocycles. The lowest BCUT2D eigenvalue weighted by molar-refractivity contribution is 0.343. The van der Waals surface area contributed by atoms with Gasteiger partial charge >= 0.3 is 0 Å². The molecule has 0 atom stereocenters. The summed E-state index contributed by atoms with van der Waals surface area (Å²) in [5.41, 5.74) is 4.79. The fourth-order valence-corrected chi connectivity index (χ4v) is 0.376. The summed E-state index contributed by atoms with van der Waals surface area (Å²) in [6.07, 6.45) is 1.09. The molecule has 0 aliphatic heterocycles. The molecule has 0 heterocycles. The van der Waals surface area contributed by atoms with Gasteiger partial charge in [-0.2, -0.15) is 10.5 Å². The van der Waals surface area contributed by atoms with Gasteiger partial charge in [0.05, 0.1) is 6.61 Å². The molecule has 12 heavy (non-hydrogen) atoms. The van der Waals surface area contributed by atoms with E-state index in [9.17, 15) is 0 Å². The monoisotopic (exact) mass is 164 g/mol. The Hall–Kier alpha value is -2.01. The molecule has 0 spiro atoms. The summed E-state index contributed by atoms with van der Waals surface area (Å²) in [5, 5.41) is 16.7. The molecule has 0 saturated heterocycles. The van der Waals surface area contributed by atoms with Crippen molar-refractivity contribution >= 4 is 6.40 Å². The zero-order valence-corrected chi connectivity index (χ0v) is 6.61. The van der Waals surface area contributed by atoms with E-state index in [2.05, 4.69) is 4.99 Å². The van der Waals surface area contributed by atoms with Gasteiger partial charge in [-0.3, -0.25) is 0 Å². The second-order valence-corrected chi connectivity index (χ2v) is 1.68. The van der Waals surface area contributed by atoms with Crippen LogP contribution in [0.3, 0.4) is 0 Å². The minimum absolute atomic E-state index is 0.133. The fourth-order valence-electron chi connectivity index (χ4n) is 0.376. The van der Waals surface area contributed by atoms with Crippen LogP contribution in [0.2, 0.25) is 0 Å². The van der Waals surface area contributed by atoms with Crippen LogP contribution in [0.25, 0.3) is 0 Å². The van der Waals surface area contributed by atoms with E-state index in [0.29, 0.717) is 6.61 Å². The molecule has 0 unspecified atom stereocenters. The lowest BCUT2D eigenvalue weighted by atomic mass is 10.4. The third-order valence-corrected chi connectivity index (χ3v) is 0.904. The van der Waals surface area contributed by atoms with Crippen LogP contribution in [0.5, 0.6) is 0 Å². The summed E-state index contributed by atoms with van der Waals surface area (Å²) in [6.45, 7) is 2.23. The van der Waals surface area contributed by atoms with Crippen molar-refractivity contribution in [3.05, 3.63) is 11.4 Å². The Morgan fingerprint density at radius 1 is 1.58 bits per heavy atom. The normalized spacial score (nSPS) is 11.6. The molecular weight excluding hydrogens is 156 g/mol. The number of nitriles is 2. The third-order valence-electron chi connectivity index (χ3n) is 0.904. The molecule has 0 bridgehead atoms. The second-order valence-electron chi connectivity index (χ2n) is 1.68. The zero-order chi connectivity index (χ0) is 9.40. The molecule has 0 fully saturated rings. The van der Waals surface area contributed by atoms with E-state index in [1.165, 1.54) is 0 Å². The van der Waals surface area contributed by atoms with Crippen molar-refractivity contribution < 1.29 is 4.74 Å². The van der Waals surface area contributed by atoms with Crippen molar-refractivity contribution in [2.24, 2.45) is 10.7 Å². The molecule has 0 amide bonds. The maximum absolute atomic E-state index is 8.42. The number of aliphatic imine (C=N–C) groups is 1. The first-order chi connectivity index (χ1) is 5.76. The van der Waals surface area contributed by atoms with Crippen LogP contribution in [0, 0.1) is 22.7 Å². The molecule has 5 nitrogen and oxygen atoms in total. The zero-order valence-electron chi connectivity index (χ0n) is 6.61. The average molecular weight is 164 g/mol. The van der Waals surface area contributed by atoms with Crippen molar-refractivity contribution in [3.63, 3.8) is 0 Å². The Morgan fingerprint density at radius 3 is 2.67 bits per heavy atom. The molecular formula is C7H8N4O. The molecule has 0 radical (unpaired) electrons. The van der Waals surface area contributed by atoms with Gasteiger partial charge in [0, 0.05) is 0 Å². The van der Waals surface area contributed by atoms with Crippen molar-refractivity contribution in [2.75, 3.05) is 6.61 Å². The summed E-state index contributed by atoms with van der Waals surface area (Å²) in [7, 11) is 0. The van der Waals surface area contributed by atoms with Crippen molar-refractivity contribution in [1.82, 2.24) is 0 Å². The standard InChI is InChI=1S/C7H8N4O/c1-2-12-5-11-7(4-9)6(10)3-8/h5H,2,10H2,1H3/b7-6+,11-5+. The van der Waals surface area contributed by atoms with Crippen LogP contribution in [-0.2, 0) is 4.74 Å². The van der Waals surface area contributed by atoms with Crippen molar-refractivity contribution in [1.29, 1.82) is 10.5 Å². The molecule has 0 aliphatic rings. The molecule has 0 aromatic rings. The Balaban J connectivity index is 4.43. The number of nitrogens with zero attached hydrogens (tertiary/aromatic N) is 3. The first kappa shape index (κ1) is 9.99. The summed E-state index contributed by atoms with van der Waals surface area (Å²) < 4.78 is 4.72. The highest BCUT2D eigenvalue weighted by Crippen LogP contribution is 1.96. The Bertz CT molecular complexity index is 279. The predicted octanol–water partition coefficient (Wildman–Crippen LogP) is 0.269. The average Bonchev–Trinajstić information content (AvgIpc) is 2.11. The van der Waals surface area contributed by atoms with Gasteiger partial charge in [-0.25, -0.2) is 4.99 Å². The highest BCUT2D eigenvalue weighted by molar-refractivity contribution is 5.52. The predicted molar refractivity (Wildman–Crippen MR) is 42.6 cm³/mol. The molecule has 62 valence electrons. The smallest absolute Gasteiger partial charge is 0.177 e. The molecule has 0 rings (SSSR count). The van der Waals surface area contributed by atoms with Crippen LogP contribution in [0.4, 0.5) is 0 Å². The summed E-state index contributed by atoms with van der Waals surface area (Å²) in [6, 6.07) is 3.27. The molecule has 5 heteroatoms. The Labute approximate surface area is 70.4 Å². The SMILES string of the molecule is CCO/C=N/C(C#N)=C(/N)C#N. The number of hydrogen-bond acceptors (Lipinski definition) is 5. The van der Waals surface area contributed by atoms with Crippen LogP contribution < -0.4 is 5.73 Å². The highest BCUT2D eigenvalue weighted by atomic mass is 16.5. The minimum atomic E-state index is -0.214. The van der Waals surface area contributed by atoms with Gasteiger partial charge in [0.25, 0.3) is 0 Å². The van der Waals surface area contributed by atoms with E-state index >= 15 is 0 Å². The number of allylic oxidation sites excluding steroid dienone is 2. The number of hydrogen-bond donors (Lipinski definition) is 1. The summed E-state index contributed by atoms with van der Waals surface area (Å²) in [4.78, 5) is 3.53. The number of rotatable bonds is 3. The van der Waals surface area contributed by atoms with Crippen LogP contribution in [0.15, 0.2) is 16.4 Å².